The third kappa shape index (κ3) is 3.28. The monoisotopic (exact) mass is 408 g/mol. The lowest BCUT2D eigenvalue weighted by atomic mass is 10.1. The number of fused-ring (bicyclic) bond motifs is 1. The quantitative estimate of drug-likeness (QED) is 0.487. The third-order valence-corrected chi connectivity index (χ3v) is 5.05. The molecular weight excluding hydrogens is 392 g/mol. The second-order valence-corrected chi connectivity index (χ2v) is 6.96. The smallest absolute Gasteiger partial charge is 0.335 e. The van der Waals surface area contributed by atoms with Crippen molar-refractivity contribution in [3.05, 3.63) is 107 Å². The van der Waals surface area contributed by atoms with Crippen molar-refractivity contribution in [2.75, 3.05) is 0 Å². The van der Waals surface area contributed by atoms with E-state index in [0.717, 1.165) is 16.5 Å². The summed E-state index contributed by atoms with van der Waals surface area (Å²) in [6, 6.07) is 23.4. The highest BCUT2D eigenvalue weighted by molar-refractivity contribution is 5.90. The van der Waals surface area contributed by atoms with Crippen LogP contribution < -0.4 is 5.43 Å². The Labute approximate surface area is 176 Å². The Morgan fingerprint density at radius 3 is 2.58 bits per heavy atom. The van der Waals surface area contributed by atoms with Crippen LogP contribution in [0.3, 0.4) is 0 Å². The molecule has 0 fully saturated rings. The van der Waals surface area contributed by atoms with E-state index in [4.69, 9.17) is 0 Å². The van der Waals surface area contributed by atoms with Crippen LogP contribution in [0.15, 0.2) is 96.1 Å². The van der Waals surface area contributed by atoms with Gasteiger partial charge in [-0.3, -0.25) is 4.79 Å². The molecule has 0 aliphatic carbocycles. The van der Waals surface area contributed by atoms with Gasteiger partial charge in [0.25, 0.3) is 0 Å². The van der Waals surface area contributed by atoms with Gasteiger partial charge in [0.05, 0.1) is 28.8 Å². The van der Waals surface area contributed by atoms with E-state index in [0.29, 0.717) is 11.4 Å². The van der Waals surface area contributed by atoms with E-state index in [1.807, 2.05) is 42.5 Å². The fourth-order valence-corrected chi connectivity index (χ4v) is 3.58. The van der Waals surface area contributed by atoms with Gasteiger partial charge in [0.15, 0.2) is 5.69 Å². The van der Waals surface area contributed by atoms with Crippen molar-refractivity contribution in [1.29, 1.82) is 0 Å². The zero-order valence-corrected chi connectivity index (χ0v) is 16.2. The molecule has 31 heavy (non-hydrogen) atoms. The molecule has 0 bridgehead atoms. The molecule has 0 saturated heterocycles. The number of benzene rings is 3. The van der Waals surface area contributed by atoms with Gasteiger partial charge >= 0.3 is 5.97 Å². The molecule has 5 rings (SSSR count). The zero-order chi connectivity index (χ0) is 21.4. The molecule has 0 aliphatic heterocycles. The predicted octanol–water partition coefficient (Wildman–Crippen LogP) is 3.94. The van der Waals surface area contributed by atoms with Gasteiger partial charge < -0.3 is 5.11 Å². The summed E-state index contributed by atoms with van der Waals surface area (Å²) in [5.41, 5.74) is 2.02. The van der Waals surface area contributed by atoms with Crippen molar-refractivity contribution in [1.82, 2.24) is 19.6 Å². The summed E-state index contributed by atoms with van der Waals surface area (Å²) in [4.78, 5) is 24.0. The first-order valence-electron chi connectivity index (χ1n) is 9.58. The molecule has 7 nitrogen and oxygen atoms in total. The van der Waals surface area contributed by atoms with E-state index in [-0.39, 0.29) is 16.7 Å². The minimum absolute atomic E-state index is 0.139. The summed E-state index contributed by atoms with van der Waals surface area (Å²) >= 11 is 0. The first-order chi connectivity index (χ1) is 15.1. The van der Waals surface area contributed by atoms with Crippen molar-refractivity contribution < 1.29 is 9.90 Å². The topological polar surface area (TPSA) is 90.0 Å². The first-order valence-corrected chi connectivity index (χ1v) is 9.58. The van der Waals surface area contributed by atoms with Gasteiger partial charge in [0.2, 0.25) is 5.43 Å². The second kappa shape index (κ2) is 7.38. The molecule has 0 amide bonds. The minimum Gasteiger partial charge on any atom is -0.478 e. The Balaban J connectivity index is 1.67. The van der Waals surface area contributed by atoms with Gasteiger partial charge in [0.1, 0.15) is 0 Å². The predicted molar refractivity (Wildman–Crippen MR) is 117 cm³/mol. The lowest BCUT2D eigenvalue weighted by molar-refractivity contribution is 0.0697. The van der Waals surface area contributed by atoms with Gasteiger partial charge in [-0.15, -0.1) is 0 Å². The molecule has 0 atom stereocenters. The third-order valence-electron chi connectivity index (χ3n) is 5.05. The van der Waals surface area contributed by atoms with E-state index in [2.05, 4.69) is 10.2 Å². The van der Waals surface area contributed by atoms with Crippen LogP contribution in [0.2, 0.25) is 0 Å². The fraction of sp³-hybridized carbons (Fsp3) is 0. The molecule has 5 aromatic rings. The van der Waals surface area contributed by atoms with Crippen molar-refractivity contribution in [2.24, 2.45) is 0 Å². The van der Waals surface area contributed by atoms with Crippen LogP contribution in [0.4, 0.5) is 0 Å². The van der Waals surface area contributed by atoms with E-state index >= 15 is 0 Å². The van der Waals surface area contributed by atoms with E-state index in [9.17, 15) is 14.7 Å². The van der Waals surface area contributed by atoms with Gasteiger partial charge in [-0.1, -0.05) is 42.5 Å². The van der Waals surface area contributed by atoms with Gasteiger partial charge in [0, 0.05) is 17.6 Å². The van der Waals surface area contributed by atoms with E-state index in [1.54, 1.807) is 29.1 Å². The average molecular weight is 408 g/mol. The molecular formula is C24H16N4O3. The molecule has 0 spiro atoms. The summed E-state index contributed by atoms with van der Waals surface area (Å²) in [5, 5.41) is 20.3. The minimum atomic E-state index is -1.03. The SMILES string of the molecule is O=C(O)c1cccc(-n2ccc(=O)c(-c3ccnn3-c3cccc4ccccc34)n2)c1. The summed E-state index contributed by atoms with van der Waals surface area (Å²) in [7, 11) is 0. The van der Waals surface area contributed by atoms with Crippen LogP contribution in [-0.2, 0) is 0 Å². The molecule has 150 valence electrons. The standard InChI is InChI=1S/C24H16N4O3/c29-22-12-14-27(18-8-3-7-17(15-18)24(30)31)26-23(22)21-11-13-25-28(21)20-10-4-6-16-5-1-2-9-19(16)20/h1-15H,(H,30,31). The highest BCUT2D eigenvalue weighted by atomic mass is 16.4. The highest BCUT2D eigenvalue weighted by Crippen LogP contribution is 2.25. The van der Waals surface area contributed by atoms with E-state index < -0.39 is 5.97 Å². The molecule has 2 heterocycles. The van der Waals surface area contributed by atoms with Crippen LogP contribution in [0.5, 0.6) is 0 Å². The lowest BCUT2D eigenvalue weighted by Gasteiger charge is -2.12. The van der Waals surface area contributed by atoms with Crippen LogP contribution in [0.25, 0.3) is 33.5 Å². The summed E-state index contributed by atoms with van der Waals surface area (Å²) < 4.78 is 3.19. The molecule has 0 aliphatic rings. The van der Waals surface area contributed by atoms with Crippen molar-refractivity contribution in [3.63, 3.8) is 0 Å². The molecule has 0 saturated carbocycles. The summed E-state index contributed by atoms with van der Waals surface area (Å²) in [5.74, 6) is -1.03. The molecule has 7 heteroatoms. The first kappa shape index (κ1) is 18.5. The largest absolute Gasteiger partial charge is 0.478 e. The Hall–Kier alpha value is -4.52. The molecule has 3 aromatic carbocycles. The van der Waals surface area contributed by atoms with E-state index in [1.165, 1.54) is 29.1 Å². The van der Waals surface area contributed by atoms with Crippen molar-refractivity contribution in [2.45, 2.75) is 0 Å². The van der Waals surface area contributed by atoms with Crippen LogP contribution >= 0.6 is 0 Å². The Bertz CT molecular complexity index is 1500. The summed E-state index contributed by atoms with van der Waals surface area (Å²) in [6.45, 7) is 0. The Morgan fingerprint density at radius 2 is 1.71 bits per heavy atom. The van der Waals surface area contributed by atoms with Gasteiger partial charge in [-0.2, -0.15) is 10.2 Å². The highest BCUT2D eigenvalue weighted by Gasteiger charge is 2.15. The Kier molecular flexibility index (Phi) is 4.41. The number of carboxylic acid groups (broad SMARTS) is 1. The number of hydrogen-bond acceptors (Lipinski definition) is 4. The molecule has 2 aromatic heterocycles. The molecule has 1 N–H and O–H groups in total. The zero-order valence-electron chi connectivity index (χ0n) is 16.2. The van der Waals surface area contributed by atoms with Gasteiger partial charge in [-0.25, -0.2) is 14.2 Å². The number of carboxylic acids is 1. The number of nitrogens with zero attached hydrogens (tertiary/aromatic N) is 4. The fourth-order valence-electron chi connectivity index (χ4n) is 3.58. The maximum Gasteiger partial charge on any atom is 0.335 e. The number of rotatable bonds is 4. The maximum absolute atomic E-state index is 12.7. The number of hydrogen-bond donors (Lipinski definition) is 1. The lowest BCUT2D eigenvalue weighted by Crippen LogP contribution is -2.15. The van der Waals surface area contributed by atoms with Crippen molar-refractivity contribution >= 4 is 16.7 Å². The van der Waals surface area contributed by atoms with Crippen LogP contribution in [0.1, 0.15) is 10.4 Å². The average Bonchev–Trinajstić information content (AvgIpc) is 3.28. The maximum atomic E-state index is 12.7. The summed E-state index contributed by atoms with van der Waals surface area (Å²) in [6.07, 6.45) is 3.14. The molecule has 0 radical (unpaired) electrons. The number of aromatic nitrogens is 4. The second-order valence-electron chi connectivity index (χ2n) is 6.96. The van der Waals surface area contributed by atoms with Crippen LogP contribution in [-0.4, -0.2) is 30.6 Å². The molecule has 0 unspecified atom stereocenters. The normalized spacial score (nSPS) is 11.0. The van der Waals surface area contributed by atoms with Gasteiger partial charge in [-0.05, 0) is 35.7 Å². The number of aromatic carboxylic acids is 1. The Morgan fingerprint density at radius 1 is 0.903 bits per heavy atom. The van der Waals surface area contributed by atoms with Crippen LogP contribution in [0, 0.1) is 0 Å². The number of carbonyl (C=O) groups is 1. The van der Waals surface area contributed by atoms with Crippen molar-refractivity contribution in [3.8, 4) is 22.8 Å².